The van der Waals surface area contributed by atoms with Crippen LogP contribution in [0.4, 0.5) is 5.69 Å². The molecule has 3 rings (SSSR count). The average molecular weight is 361 g/mol. The molecule has 1 heterocycles. The van der Waals surface area contributed by atoms with Crippen LogP contribution in [0.2, 0.25) is 0 Å². The third kappa shape index (κ3) is 2.69. The number of fused-ring (bicyclic) bond motifs is 1. The van der Waals surface area contributed by atoms with Gasteiger partial charge in [0.15, 0.2) is 5.58 Å². The third-order valence-electron chi connectivity index (χ3n) is 3.35. The number of carbonyl (C=O) groups excluding carboxylic acids is 1. The number of halogens is 1. The molecule has 0 fully saturated rings. The molecule has 0 radical (unpaired) electrons. The Kier molecular flexibility index (Phi) is 3.85. The molecular weight excluding hydrogens is 348 g/mol. The number of carbonyl (C=O) groups is 1. The van der Waals surface area contributed by atoms with Crippen molar-refractivity contribution in [1.82, 2.24) is 4.57 Å². The number of rotatable bonds is 3. The number of aromatic nitrogens is 1. The fraction of sp³-hybridized carbons (Fsp3) is 0.125. The minimum Gasteiger partial charge on any atom is -0.408 e. The highest BCUT2D eigenvalue weighted by Crippen LogP contribution is 2.19. The molecule has 6 heteroatoms. The van der Waals surface area contributed by atoms with Crippen molar-refractivity contribution in [3.8, 4) is 0 Å². The van der Waals surface area contributed by atoms with Gasteiger partial charge in [-0.1, -0.05) is 15.9 Å². The Morgan fingerprint density at radius 2 is 1.95 bits per heavy atom. The maximum atomic E-state index is 12.2. The number of anilines is 1. The van der Waals surface area contributed by atoms with Crippen LogP contribution in [0.15, 0.2) is 56.1 Å². The minimum absolute atomic E-state index is 0.218. The summed E-state index contributed by atoms with van der Waals surface area (Å²) in [7, 11) is 0. The number of nitrogens with one attached hydrogen (secondary N) is 1. The van der Waals surface area contributed by atoms with E-state index in [9.17, 15) is 9.59 Å². The van der Waals surface area contributed by atoms with Crippen molar-refractivity contribution in [2.24, 2.45) is 0 Å². The van der Waals surface area contributed by atoms with Crippen molar-refractivity contribution < 1.29 is 9.21 Å². The van der Waals surface area contributed by atoms with Gasteiger partial charge < -0.3 is 9.73 Å². The quantitative estimate of drug-likeness (QED) is 0.775. The van der Waals surface area contributed by atoms with Crippen molar-refractivity contribution in [2.45, 2.75) is 13.5 Å². The zero-order valence-corrected chi connectivity index (χ0v) is 13.4. The number of hydrogen-bond acceptors (Lipinski definition) is 3. The molecule has 1 amide bonds. The maximum Gasteiger partial charge on any atom is 0.419 e. The number of nitrogens with zero attached hydrogens (tertiary/aromatic N) is 1. The van der Waals surface area contributed by atoms with Crippen LogP contribution in [0, 0.1) is 0 Å². The van der Waals surface area contributed by atoms with Gasteiger partial charge in [0.25, 0.3) is 5.91 Å². The van der Waals surface area contributed by atoms with Crippen LogP contribution in [-0.2, 0) is 6.54 Å². The van der Waals surface area contributed by atoms with Crippen LogP contribution in [0.25, 0.3) is 11.1 Å². The van der Waals surface area contributed by atoms with Crippen molar-refractivity contribution in [3.63, 3.8) is 0 Å². The largest absolute Gasteiger partial charge is 0.419 e. The van der Waals surface area contributed by atoms with Crippen LogP contribution in [0.3, 0.4) is 0 Å². The lowest BCUT2D eigenvalue weighted by atomic mass is 10.2. The molecule has 0 saturated carbocycles. The van der Waals surface area contributed by atoms with Gasteiger partial charge in [0.2, 0.25) is 0 Å². The second-order valence-electron chi connectivity index (χ2n) is 4.76. The summed E-state index contributed by atoms with van der Waals surface area (Å²) in [4.78, 5) is 23.8. The Labute approximate surface area is 134 Å². The Bertz CT molecular complexity index is 894. The molecule has 0 saturated heterocycles. The number of benzene rings is 2. The van der Waals surface area contributed by atoms with Gasteiger partial charge in [0.1, 0.15) is 0 Å². The predicted molar refractivity (Wildman–Crippen MR) is 88.2 cm³/mol. The number of aryl methyl sites for hydroxylation is 1. The SMILES string of the molecule is CCn1c(=O)oc2cc(NC(=O)c3ccc(Br)cc3)ccc21. The molecule has 0 atom stereocenters. The first-order chi connectivity index (χ1) is 10.6. The molecule has 22 heavy (non-hydrogen) atoms. The first-order valence-corrected chi connectivity index (χ1v) is 7.58. The van der Waals surface area contributed by atoms with E-state index in [0.717, 1.165) is 4.47 Å². The molecule has 0 spiro atoms. The van der Waals surface area contributed by atoms with Gasteiger partial charge in [-0.15, -0.1) is 0 Å². The van der Waals surface area contributed by atoms with E-state index in [1.54, 1.807) is 42.5 Å². The summed E-state index contributed by atoms with van der Waals surface area (Å²) in [6, 6.07) is 12.2. The molecule has 0 bridgehead atoms. The van der Waals surface area contributed by atoms with Crippen molar-refractivity contribution in [2.75, 3.05) is 5.32 Å². The molecule has 0 aliphatic carbocycles. The van der Waals surface area contributed by atoms with Gasteiger partial charge in [-0.25, -0.2) is 4.79 Å². The van der Waals surface area contributed by atoms with Gasteiger partial charge in [0, 0.05) is 28.3 Å². The van der Waals surface area contributed by atoms with Gasteiger partial charge in [-0.3, -0.25) is 9.36 Å². The molecule has 3 aromatic rings. The molecule has 0 unspecified atom stereocenters. The maximum absolute atomic E-state index is 12.2. The van der Waals surface area contributed by atoms with Crippen LogP contribution in [-0.4, -0.2) is 10.5 Å². The standard InChI is InChI=1S/C16H13BrN2O3/c1-2-19-13-8-7-12(9-14(13)22-16(19)21)18-15(20)10-3-5-11(17)6-4-10/h3-9H,2H2,1H3,(H,18,20). The lowest BCUT2D eigenvalue weighted by molar-refractivity contribution is 0.102. The average Bonchev–Trinajstić information content (AvgIpc) is 2.82. The zero-order valence-electron chi connectivity index (χ0n) is 11.8. The summed E-state index contributed by atoms with van der Waals surface area (Å²) in [6.45, 7) is 2.41. The third-order valence-corrected chi connectivity index (χ3v) is 3.88. The van der Waals surface area contributed by atoms with Crippen molar-refractivity contribution in [1.29, 1.82) is 0 Å². The van der Waals surface area contributed by atoms with E-state index in [-0.39, 0.29) is 5.91 Å². The molecule has 112 valence electrons. The lowest BCUT2D eigenvalue weighted by Crippen LogP contribution is -2.12. The zero-order chi connectivity index (χ0) is 15.7. The van der Waals surface area contributed by atoms with Gasteiger partial charge in [0.05, 0.1) is 5.52 Å². The summed E-state index contributed by atoms with van der Waals surface area (Å²) in [5.41, 5.74) is 2.31. The Morgan fingerprint density at radius 3 is 2.64 bits per heavy atom. The molecule has 0 aliphatic rings. The number of oxazole rings is 1. The lowest BCUT2D eigenvalue weighted by Gasteiger charge is -2.05. The fourth-order valence-corrected chi connectivity index (χ4v) is 2.51. The first kappa shape index (κ1) is 14.6. The van der Waals surface area contributed by atoms with Gasteiger partial charge in [-0.05, 0) is 43.3 Å². The fourth-order valence-electron chi connectivity index (χ4n) is 2.25. The van der Waals surface area contributed by atoms with Crippen LogP contribution >= 0.6 is 15.9 Å². The van der Waals surface area contributed by atoms with E-state index < -0.39 is 5.76 Å². The highest BCUT2D eigenvalue weighted by atomic mass is 79.9. The Hall–Kier alpha value is -2.34. The Morgan fingerprint density at radius 1 is 1.23 bits per heavy atom. The van der Waals surface area contributed by atoms with Crippen LogP contribution < -0.4 is 11.1 Å². The molecule has 5 nitrogen and oxygen atoms in total. The second kappa shape index (κ2) is 5.81. The predicted octanol–water partition coefficient (Wildman–Crippen LogP) is 3.63. The molecule has 0 aliphatic heterocycles. The van der Waals surface area contributed by atoms with E-state index in [2.05, 4.69) is 21.2 Å². The number of hydrogen-bond donors (Lipinski definition) is 1. The van der Waals surface area contributed by atoms with Gasteiger partial charge in [-0.2, -0.15) is 0 Å². The highest BCUT2D eigenvalue weighted by Gasteiger charge is 2.10. The normalized spacial score (nSPS) is 10.8. The molecule has 1 aromatic heterocycles. The van der Waals surface area contributed by atoms with E-state index in [1.165, 1.54) is 4.57 Å². The van der Waals surface area contributed by atoms with Crippen LogP contribution in [0.1, 0.15) is 17.3 Å². The molecule has 1 N–H and O–H groups in total. The smallest absolute Gasteiger partial charge is 0.408 e. The monoisotopic (exact) mass is 360 g/mol. The van der Waals surface area contributed by atoms with E-state index in [0.29, 0.717) is 28.9 Å². The summed E-state index contributed by atoms with van der Waals surface area (Å²) in [5, 5.41) is 2.79. The summed E-state index contributed by atoms with van der Waals surface area (Å²) >= 11 is 3.33. The topological polar surface area (TPSA) is 64.2 Å². The van der Waals surface area contributed by atoms with E-state index in [4.69, 9.17) is 4.42 Å². The van der Waals surface area contributed by atoms with E-state index in [1.807, 2.05) is 6.92 Å². The highest BCUT2D eigenvalue weighted by molar-refractivity contribution is 9.10. The Balaban J connectivity index is 1.89. The molecule has 2 aromatic carbocycles. The first-order valence-electron chi connectivity index (χ1n) is 6.79. The summed E-state index contributed by atoms with van der Waals surface area (Å²) in [5.74, 6) is -0.613. The number of amides is 1. The summed E-state index contributed by atoms with van der Waals surface area (Å²) in [6.07, 6.45) is 0. The van der Waals surface area contributed by atoms with Gasteiger partial charge >= 0.3 is 5.76 Å². The van der Waals surface area contributed by atoms with Crippen LogP contribution in [0.5, 0.6) is 0 Å². The minimum atomic E-state index is -0.395. The van der Waals surface area contributed by atoms with Crippen molar-refractivity contribution in [3.05, 3.63) is 63.1 Å². The molecular formula is C16H13BrN2O3. The van der Waals surface area contributed by atoms with E-state index >= 15 is 0 Å². The second-order valence-corrected chi connectivity index (χ2v) is 5.67. The van der Waals surface area contributed by atoms with Crippen molar-refractivity contribution >= 4 is 38.6 Å². The summed E-state index contributed by atoms with van der Waals surface area (Å²) < 4.78 is 7.63.